The topological polar surface area (TPSA) is 80.9 Å². The standard InChI is InChI=1S/C15H16N4OS/c1-10-9-21-15(18-10)11(2)19-14(20)13-5-7-17-8-12(13)4-3-6-16/h5,7-9,11H,6,16H2,1-2H3,(H,19,20). The second-order valence-corrected chi connectivity index (χ2v) is 5.34. The van der Waals surface area contributed by atoms with Crippen molar-refractivity contribution in [3.8, 4) is 11.8 Å². The van der Waals surface area contributed by atoms with Crippen LogP contribution in [0, 0.1) is 18.8 Å². The summed E-state index contributed by atoms with van der Waals surface area (Å²) in [6, 6.07) is 1.50. The summed E-state index contributed by atoms with van der Waals surface area (Å²) in [4.78, 5) is 20.7. The zero-order valence-corrected chi connectivity index (χ0v) is 12.7. The number of amides is 1. The lowest BCUT2D eigenvalue weighted by molar-refractivity contribution is 0.0939. The molecule has 1 amide bonds. The molecule has 0 saturated carbocycles. The third kappa shape index (κ3) is 3.88. The molecule has 108 valence electrons. The summed E-state index contributed by atoms with van der Waals surface area (Å²) < 4.78 is 0. The molecule has 0 aromatic carbocycles. The van der Waals surface area contributed by atoms with Crippen LogP contribution in [0.25, 0.3) is 0 Å². The first kappa shape index (κ1) is 15.2. The van der Waals surface area contributed by atoms with Gasteiger partial charge in [0.05, 0.1) is 23.7 Å². The Morgan fingerprint density at radius 3 is 3.05 bits per heavy atom. The quantitative estimate of drug-likeness (QED) is 0.845. The molecular weight excluding hydrogens is 284 g/mol. The van der Waals surface area contributed by atoms with E-state index < -0.39 is 0 Å². The first-order valence-electron chi connectivity index (χ1n) is 6.47. The van der Waals surface area contributed by atoms with Gasteiger partial charge >= 0.3 is 0 Å². The van der Waals surface area contributed by atoms with Crippen molar-refractivity contribution in [2.75, 3.05) is 6.54 Å². The number of thiazole rings is 1. The predicted octanol–water partition coefficient (Wildman–Crippen LogP) is 1.65. The van der Waals surface area contributed by atoms with Crippen molar-refractivity contribution in [1.82, 2.24) is 15.3 Å². The number of carbonyl (C=O) groups is 1. The molecule has 2 rings (SSSR count). The Hall–Kier alpha value is -2.23. The molecule has 1 unspecified atom stereocenters. The Labute approximate surface area is 127 Å². The number of hydrogen-bond acceptors (Lipinski definition) is 5. The Morgan fingerprint density at radius 1 is 1.57 bits per heavy atom. The van der Waals surface area contributed by atoms with Crippen LogP contribution in [0.4, 0.5) is 0 Å². The molecule has 2 aromatic heterocycles. The number of nitrogens with zero attached hydrogens (tertiary/aromatic N) is 2. The number of nitrogens with one attached hydrogen (secondary N) is 1. The predicted molar refractivity (Wildman–Crippen MR) is 82.9 cm³/mol. The highest BCUT2D eigenvalue weighted by Crippen LogP contribution is 2.18. The molecule has 3 N–H and O–H groups in total. The largest absolute Gasteiger partial charge is 0.343 e. The van der Waals surface area contributed by atoms with E-state index >= 15 is 0 Å². The van der Waals surface area contributed by atoms with E-state index in [1.165, 1.54) is 11.3 Å². The Morgan fingerprint density at radius 2 is 2.38 bits per heavy atom. The Kier molecular flexibility index (Phi) is 5.04. The summed E-state index contributed by atoms with van der Waals surface area (Å²) >= 11 is 1.53. The highest BCUT2D eigenvalue weighted by Gasteiger charge is 2.16. The van der Waals surface area contributed by atoms with Crippen LogP contribution in [0.3, 0.4) is 0 Å². The smallest absolute Gasteiger partial charge is 0.253 e. The molecule has 0 bridgehead atoms. The fraction of sp³-hybridized carbons (Fsp3) is 0.267. The van der Waals surface area contributed by atoms with E-state index in [1.54, 1.807) is 18.5 Å². The second kappa shape index (κ2) is 6.97. The lowest BCUT2D eigenvalue weighted by atomic mass is 10.1. The normalized spacial score (nSPS) is 11.4. The Bertz CT molecular complexity index is 699. The molecular formula is C15H16N4OS. The van der Waals surface area contributed by atoms with Crippen molar-refractivity contribution in [2.24, 2.45) is 5.73 Å². The van der Waals surface area contributed by atoms with E-state index in [4.69, 9.17) is 5.73 Å². The third-order valence-corrected chi connectivity index (χ3v) is 3.89. The number of aromatic nitrogens is 2. The van der Waals surface area contributed by atoms with Gasteiger partial charge in [-0.25, -0.2) is 4.98 Å². The molecule has 2 heterocycles. The van der Waals surface area contributed by atoms with Crippen LogP contribution in [-0.4, -0.2) is 22.4 Å². The van der Waals surface area contributed by atoms with Gasteiger partial charge in [-0.15, -0.1) is 11.3 Å². The van der Waals surface area contributed by atoms with Gasteiger partial charge in [-0.1, -0.05) is 11.8 Å². The lowest BCUT2D eigenvalue weighted by Gasteiger charge is -2.12. The molecule has 0 spiro atoms. The van der Waals surface area contributed by atoms with E-state index in [1.807, 2.05) is 19.2 Å². The van der Waals surface area contributed by atoms with Gasteiger partial charge < -0.3 is 11.1 Å². The van der Waals surface area contributed by atoms with Gasteiger partial charge in [0.15, 0.2) is 0 Å². The van der Waals surface area contributed by atoms with Crippen molar-refractivity contribution in [2.45, 2.75) is 19.9 Å². The van der Waals surface area contributed by atoms with Crippen LogP contribution in [-0.2, 0) is 0 Å². The summed E-state index contributed by atoms with van der Waals surface area (Å²) in [7, 11) is 0. The van der Waals surface area contributed by atoms with Gasteiger partial charge in [0.1, 0.15) is 5.01 Å². The summed E-state index contributed by atoms with van der Waals surface area (Å²) in [6.07, 6.45) is 3.14. The number of nitrogens with two attached hydrogens (primary N) is 1. The minimum Gasteiger partial charge on any atom is -0.343 e. The number of aryl methyl sites for hydroxylation is 1. The Balaban J connectivity index is 2.17. The van der Waals surface area contributed by atoms with Crippen molar-refractivity contribution in [1.29, 1.82) is 0 Å². The highest BCUT2D eigenvalue weighted by atomic mass is 32.1. The maximum atomic E-state index is 12.4. The fourth-order valence-electron chi connectivity index (χ4n) is 1.75. The third-order valence-electron chi connectivity index (χ3n) is 2.75. The molecule has 1 atom stereocenters. The van der Waals surface area contributed by atoms with Crippen LogP contribution in [0.15, 0.2) is 23.8 Å². The lowest BCUT2D eigenvalue weighted by Crippen LogP contribution is -2.27. The fourth-order valence-corrected chi connectivity index (χ4v) is 2.55. The minimum atomic E-state index is -0.195. The zero-order chi connectivity index (χ0) is 15.2. The van der Waals surface area contributed by atoms with E-state index in [0.717, 1.165) is 10.7 Å². The van der Waals surface area contributed by atoms with Gasteiger partial charge in [0.2, 0.25) is 0 Å². The highest BCUT2D eigenvalue weighted by molar-refractivity contribution is 7.09. The summed E-state index contributed by atoms with van der Waals surface area (Å²) in [6.45, 7) is 4.07. The van der Waals surface area contributed by atoms with Crippen LogP contribution in [0.5, 0.6) is 0 Å². The molecule has 0 saturated heterocycles. The van der Waals surface area contributed by atoms with Gasteiger partial charge in [-0.2, -0.15) is 0 Å². The monoisotopic (exact) mass is 300 g/mol. The van der Waals surface area contributed by atoms with Crippen LogP contribution >= 0.6 is 11.3 Å². The van der Waals surface area contributed by atoms with E-state index in [9.17, 15) is 4.79 Å². The number of pyridine rings is 1. The summed E-state index contributed by atoms with van der Waals surface area (Å²) in [5.74, 6) is 5.40. The maximum absolute atomic E-state index is 12.4. The van der Waals surface area contributed by atoms with Crippen LogP contribution in [0.1, 0.15) is 39.6 Å². The molecule has 6 heteroatoms. The molecule has 2 aromatic rings. The molecule has 5 nitrogen and oxygen atoms in total. The van der Waals surface area contributed by atoms with Crippen LogP contribution in [0.2, 0.25) is 0 Å². The van der Waals surface area contributed by atoms with Gasteiger partial charge in [-0.3, -0.25) is 9.78 Å². The van der Waals surface area contributed by atoms with Gasteiger partial charge in [-0.05, 0) is 19.9 Å². The second-order valence-electron chi connectivity index (χ2n) is 4.45. The minimum absolute atomic E-state index is 0.153. The van der Waals surface area contributed by atoms with Crippen molar-refractivity contribution in [3.05, 3.63) is 45.7 Å². The van der Waals surface area contributed by atoms with Crippen molar-refractivity contribution >= 4 is 17.2 Å². The van der Waals surface area contributed by atoms with E-state index in [-0.39, 0.29) is 18.5 Å². The van der Waals surface area contributed by atoms with Crippen LogP contribution < -0.4 is 11.1 Å². The van der Waals surface area contributed by atoms with Crippen molar-refractivity contribution in [3.63, 3.8) is 0 Å². The molecule has 0 aliphatic rings. The number of rotatable bonds is 3. The van der Waals surface area contributed by atoms with Gasteiger partial charge in [0.25, 0.3) is 5.91 Å². The van der Waals surface area contributed by atoms with Crippen molar-refractivity contribution < 1.29 is 4.79 Å². The average molecular weight is 300 g/mol. The maximum Gasteiger partial charge on any atom is 0.253 e. The average Bonchev–Trinajstić information content (AvgIpc) is 2.92. The van der Waals surface area contributed by atoms with E-state index in [2.05, 4.69) is 27.1 Å². The molecule has 0 radical (unpaired) electrons. The van der Waals surface area contributed by atoms with E-state index in [0.29, 0.717) is 11.1 Å². The number of hydrogen-bond donors (Lipinski definition) is 2. The zero-order valence-electron chi connectivity index (χ0n) is 11.9. The van der Waals surface area contributed by atoms with Gasteiger partial charge in [0, 0.05) is 23.5 Å². The molecule has 0 aliphatic heterocycles. The first-order chi connectivity index (χ1) is 10.1. The molecule has 0 fully saturated rings. The first-order valence-corrected chi connectivity index (χ1v) is 7.35. The SMILES string of the molecule is Cc1csc(C(C)NC(=O)c2ccncc2C#CCN)n1. The molecule has 0 aliphatic carbocycles. The summed E-state index contributed by atoms with van der Waals surface area (Å²) in [5.41, 5.74) is 7.38. The number of carbonyl (C=O) groups excluding carboxylic acids is 1. The molecule has 21 heavy (non-hydrogen) atoms. The summed E-state index contributed by atoms with van der Waals surface area (Å²) in [5, 5.41) is 5.76.